The first-order valence-electron chi connectivity index (χ1n) is 5.25. The molecule has 0 fully saturated rings. The van der Waals surface area contributed by atoms with E-state index in [0.717, 1.165) is 17.8 Å². The van der Waals surface area contributed by atoms with Gasteiger partial charge in [0, 0.05) is 17.4 Å². The van der Waals surface area contributed by atoms with Gasteiger partial charge in [-0.05, 0) is 36.6 Å². The van der Waals surface area contributed by atoms with Gasteiger partial charge in [0.05, 0.1) is 0 Å². The molecule has 0 aliphatic carbocycles. The molecule has 1 rings (SSSR count). The van der Waals surface area contributed by atoms with Crippen molar-refractivity contribution in [1.29, 1.82) is 0 Å². The van der Waals surface area contributed by atoms with Crippen LogP contribution in [0.5, 0.6) is 0 Å². The number of rotatable bonds is 4. The molecule has 0 saturated heterocycles. The zero-order valence-corrected chi connectivity index (χ0v) is 9.25. The van der Waals surface area contributed by atoms with Gasteiger partial charge in [0.1, 0.15) is 0 Å². The highest BCUT2D eigenvalue weighted by molar-refractivity contribution is 5.51. The van der Waals surface area contributed by atoms with Gasteiger partial charge < -0.3 is 11.1 Å². The van der Waals surface area contributed by atoms with Crippen LogP contribution in [0.2, 0.25) is 0 Å². The highest BCUT2D eigenvalue weighted by atomic mass is 14.9. The molecular weight excluding hydrogens is 172 g/mol. The summed E-state index contributed by atoms with van der Waals surface area (Å²) in [5.41, 5.74) is 7.59. The molecule has 0 saturated carbocycles. The fourth-order valence-corrected chi connectivity index (χ4v) is 1.53. The third-order valence-corrected chi connectivity index (χ3v) is 2.51. The van der Waals surface area contributed by atoms with Crippen LogP contribution in [0.3, 0.4) is 0 Å². The summed E-state index contributed by atoms with van der Waals surface area (Å²) in [7, 11) is 0. The minimum Gasteiger partial charge on any atom is -0.399 e. The predicted molar refractivity (Wildman–Crippen MR) is 63.4 cm³/mol. The van der Waals surface area contributed by atoms with Crippen LogP contribution >= 0.6 is 0 Å². The highest BCUT2D eigenvalue weighted by Gasteiger charge is 2.09. The minimum atomic E-state index is 0.540. The Hall–Kier alpha value is -1.18. The molecular formula is C12H20N2. The van der Waals surface area contributed by atoms with Gasteiger partial charge >= 0.3 is 0 Å². The molecule has 0 aliphatic heterocycles. The molecule has 1 aromatic rings. The van der Waals surface area contributed by atoms with Crippen molar-refractivity contribution in [2.45, 2.75) is 33.2 Å². The second kappa shape index (κ2) is 4.89. The number of hydrogen-bond acceptors (Lipinski definition) is 2. The number of nitrogens with two attached hydrogens (primary N) is 1. The van der Waals surface area contributed by atoms with Gasteiger partial charge in [-0.2, -0.15) is 0 Å². The first-order valence-corrected chi connectivity index (χ1v) is 5.25. The van der Waals surface area contributed by atoms with Crippen molar-refractivity contribution >= 4 is 11.4 Å². The van der Waals surface area contributed by atoms with Gasteiger partial charge in [0.25, 0.3) is 0 Å². The van der Waals surface area contributed by atoms with Gasteiger partial charge in [0.15, 0.2) is 0 Å². The first-order chi connectivity index (χ1) is 6.63. The largest absolute Gasteiger partial charge is 0.399 e. The van der Waals surface area contributed by atoms with Crippen molar-refractivity contribution in [1.82, 2.24) is 0 Å². The maximum Gasteiger partial charge on any atom is 0.0343 e. The third kappa shape index (κ3) is 2.95. The number of nitrogen functional groups attached to an aromatic ring is 1. The molecule has 1 aromatic carbocycles. The van der Waals surface area contributed by atoms with Crippen LogP contribution in [-0.2, 0) is 0 Å². The Labute approximate surface area is 86.5 Å². The first kappa shape index (κ1) is 10.9. The van der Waals surface area contributed by atoms with Crippen molar-refractivity contribution in [3.05, 3.63) is 24.3 Å². The van der Waals surface area contributed by atoms with Gasteiger partial charge in [-0.1, -0.05) is 20.8 Å². The van der Waals surface area contributed by atoms with Crippen molar-refractivity contribution in [2.75, 3.05) is 11.1 Å². The van der Waals surface area contributed by atoms with Crippen molar-refractivity contribution in [3.8, 4) is 0 Å². The highest BCUT2D eigenvalue weighted by Crippen LogP contribution is 2.16. The number of benzene rings is 1. The van der Waals surface area contributed by atoms with Crippen LogP contribution in [0.25, 0.3) is 0 Å². The monoisotopic (exact) mass is 192 g/mol. The molecule has 0 spiro atoms. The van der Waals surface area contributed by atoms with E-state index in [0.29, 0.717) is 12.0 Å². The minimum absolute atomic E-state index is 0.540. The van der Waals surface area contributed by atoms with Crippen LogP contribution < -0.4 is 11.1 Å². The Balaban J connectivity index is 2.63. The van der Waals surface area contributed by atoms with Crippen LogP contribution in [-0.4, -0.2) is 6.04 Å². The predicted octanol–water partition coefficient (Wildman–Crippen LogP) is 3.12. The van der Waals surface area contributed by atoms with Crippen LogP contribution in [0, 0.1) is 5.92 Å². The summed E-state index contributed by atoms with van der Waals surface area (Å²) >= 11 is 0. The average Bonchev–Trinajstić information content (AvgIpc) is 2.16. The molecule has 2 nitrogen and oxygen atoms in total. The summed E-state index contributed by atoms with van der Waals surface area (Å²) in [6, 6.07) is 8.45. The molecule has 14 heavy (non-hydrogen) atoms. The van der Waals surface area contributed by atoms with Gasteiger partial charge in [-0.15, -0.1) is 0 Å². The molecule has 0 amide bonds. The second-order valence-corrected chi connectivity index (χ2v) is 4.03. The van der Waals surface area contributed by atoms with Gasteiger partial charge in [-0.3, -0.25) is 0 Å². The van der Waals surface area contributed by atoms with Crippen molar-refractivity contribution in [3.63, 3.8) is 0 Å². The van der Waals surface area contributed by atoms with E-state index < -0.39 is 0 Å². The van der Waals surface area contributed by atoms with Gasteiger partial charge in [-0.25, -0.2) is 0 Å². The third-order valence-electron chi connectivity index (χ3n) is 2.51. The van der Waals surface area contributed by atoms with E-state index in [1.165, 1.54) is 0 Å². The Kier molecular flexibility index (Phi) is 3.81. The van der Waals surface area contributed by atoms with Crippen LogP contribution in [0.15, 0.2) is 24.3 Å². The lowest BCUT2D eigenvalue weighted by Gasteiger charge is -2.21. The molecule has 0 aliphatic rings. The second-order valence-electron chi connectivity index (χ2n) is 4.03. The van der Waals surface area contributed by atoms with E-state index in [4.69, 9.17) is 5.73 Å². The molecule has 3 N–H and O–H groups in total. The van der Waals surface area contributed by atoms with E-state index in [2.05, 4.69) is 26.1 Å². The van der Waals surface area contributed by atoms with E-state index in [9.17, 15) is 0 Å². The molecule has 0 radical (unpaired) electrons. The zero-order chi connectivity index (χ0) is 10.6. The molecule has 2 heteroatoms. The standard InChI is InChI=1S/C12H20N2/c1-4-12(9(2)3)14-11-7-5-10(13)6-8-11/h5-9,12,14H,4,13H2,1-3H3. The summed E-state index contributed by atoms with van der Waals surface area (Å²) in [5.74, 6) is 0.651. The molecule has 1 unspecified atom stereocenters. The lowest BCUT2D eigenvalue weighted by Crippen LogP contribution is -2.24. The number of anilines is 2. The summed E-state index contributed by atoms with van der Waals surface area (Å²) < 4.78 is 0. The molecule has 1 atom stereocenters. The summed E-state index contributed by atoms with van der Waals surface area (Å²) in [6.45, 7) is 6.67. The Morgan fingerprint density at radius 1 is 1.21 bits per heavy atom. The molecule has 0 heterocycles. The average molecular weight is 192 g/mol. The van der Waals surface area contributed by atoms with E-state index in [1.807, 2.05) is 24.3 Å². The van der Waals surface area contributed by atoms with E-state index >= 15 is 0 Å². The van der Waals surface area contributed by atoms with Gasteiger partial charge in [0.2, 0.25) is 0 Å². The summed E-state index contributed by atoms with van der Waals surface area (Å²) in [5, 5.41) is 3.50. The fourth-order valence-electron chi connectivity index (χ4n) is 1.53. The summed E-state index contributed by atoms with van der Waals surface area (Å²) in [6.07, 6.45) is 1.14. The molecule has 78 valence electrons. The quantitative estimate of drug-likeness (QED) is 0.719. The topological polar surface area (TPSA) is 38.0 Å². The Morgan fingerprint density at radius 2 is 1.79 bits per heavy atom. The maximum absolute atomic E-state index is 5.62. The lowest BCUT2D eigenvalue weighted by atomic mass is 10.0. The maximum atomic E-state index is 5.62. The van der Waals surface area contributed by atoms with E-state index in [1.54, 1.807) is 0 Å². The van der Waals surface area contributed by atoms with Crippen molar-refractivity contribution < 1.29 is 0 Å². The zero-order valence-electron chi connectivity index (χ0n) is 9.25. The van der Waals surface area contributed by atoms with E-state index in [-0.39, 0.29) is 0 Å². The number of hydrogen-bond donors (Lipinski definition) is 2. The lowest BCUT2D eigenvalue weighted by molar-refractivity contribution is 0.511. The fraction of sp³-hybridized carbons (Fsp3) is 0.500. The SMILES string of the molecule is CCC(Nc1ccc(N)cc1)C(C)C. The molecule has 0 aromatic heterocycles. The smallest absolute Gasteiger partial charge is 0.0343 e. The van der Waals surface area contributed by atoms with Crippen molar-refractivity contribution in [2.24, 2.45) is 5.92 Å². The van der Waals surface area contributed by atoms with Crippen LogP contribution in [0.4, 0.5) is 11.4 Å². The number of nitrogens with one attached hydrogen (secondary N) is 1. The Morgan fingerprint density at radius 3 is 2.21 bits per heavy atom. The van der Waals surface area contributed by atoms with Crippen LogP contribution in [0.1, 0.15) is 27.2 Å². The normalized spacial score (nSPS) is 12.9. The Bertz CT molecular complexity index is 264. The molecule has 0 bridgehead atoms. The summed E-state index contributed by atoms with van der Waals surface area (Å²) in [4.78, 5) is 0.